The summed E-state index contributed by atoms with van der Waals surface area (Å²) in [6.07, 6.45) is 1.20. The molecule has 2 unspecified atom stereocenters. The number of aryl methyl sites for hydroxylation is 1. The van der Waals surface area contributed by atoms with Crippen LogP contribution in [0.4, 0.5) is 0 Å². The Kier molecular flexibility index (Phi) is 3.75. The second-order valence-electron chi connectivity index (χ2n) is 4.21. The van der Waals surface area contributed by atoms with E-state index in [1.165, 1.54) is 0 Å². The molecule has 0 spiro atoms. The molecule has 17 heavy (non-hydrogen) atoms. The number of carbonyl (C=O) groups is 1. The third-order valence-electron chi connectivity index (χ3n) is 2.78. The molecule has 1 fully saturated rings. The molecule has 0 aliphatic carbocycles. The summed E-state index contributed by atoms with van der Waals surface area (Å²) in [5.41, 5.74) is 6.28. The van der Waals surface area contributed by atoms with Crippen molar-refractivity contribution < 1.29 is 14.1 Å². The Morgan fingerprint density at radius 2 is 2.47 bits per heavy atom. The third-order valence-corrected chi connectivity index (χ3v) is 2.78. The normalized spacial score (nSPS) is 23.9. The molecule has 1 aliphatic rings. The zero-order valence-corrected chi connectivity index (χ0v) is 9.81. The summed E-state index contributed by atoms with van der Waals surface area (Å²) in [6, 6.07) is 1.79. The van der Waals surface area contributed by atoms with Gasteiger partial charge in [0.05, 0.1) is 18.3 Å². The standard InChI is InChI=1S/C11H17N3O3/c1-7-4-9(17-14-7)6-13-11(15)10-3-2-8(5-12)16-10/h4,8,10H,2-3,5-6,12H2,1H3,(H,13,15). The van der Waals surface area contributed by atoms with E-state index >= 15 is 0 Å². The molecule has 0 saturated carbocycles. The molecular weight excluding hydrogens is 222 g/mol. The second-order valence-corrected chi connectivity index (χ2v) is 4.21. The summed E-state index contributed by atoms with van der Waals surface area (Å²) >= 11 is 0. The molecule has 3 N–H and O–H groups in total. The van der Waals surface area contributed by atoms with Gasteiger partial charge in [0.15, 0.2) is 5.76 Å². The van der Waals surface area contributed by atoms with Crippen molar-refractivity contribution in [2.75, 3.05) is 6.54 Å². The minimum atomic E-state index is -0.382. The molecule has 1 aromatic rings. The van der Waals surface area contributed by atoms with E-state index in [1.807, 2.05) is 6.92 Å². The average molecular weight is 239 g/mol. The average Bonchev–Trinajstić information content (AvgIpc) is 2.94. The maximum absolute atomic E-state index is 11.7. The fourth-order valence-corrected chi connectivity index (χ4v) is 1.86. The molecule has 1 amide bonds. The van der Waals surface area contributed by atoms with Crippen LogP contribution in [-0.4, -0.2) is 29.8 Å². The zero-order chi connectivity index (χ0) is 12.3. The topological polar surface area (TPSA) is 90.4 Å². The highest BCUT2D eigenvalue weighted by Gasteiger charge is 2.29. The SMILES string of the molecule is Cc1cc(CNC(=O)C2CCC(CN)O2)on1. The highest BCUT2D eigenvalue weighted by atomic mass is 16.5. The van der Waals surface area contributed by atoms with Gasteiger partial charge in [0.2, 0.25) is 5.91 Å². The monoisotopic (exact) mass is 239 g/mol. The smallest absolute Gasteiger partial charge is 0.249 e. The van der Waals surface area contributed by atoms with Crippen molar-refractivity contribution >= 4 is 5.91 Å². The lowest BCUT2D eigenvalue weighted by molar-refractivity contribution is -0.132. The van der Waals surface area contributed by atoms with E-state index < -0.39 is 0 Å². The van der Waals surface area contributed by atoms with Crippen molar-refractivity contribution in [1.82, 2.24) is 10.5 Å². The van der Waals surface area contributed by atoms with Crippen LogP contribution >= 0.6 is 0 Å². The molecule has 2 atom stereocenters. The van der Waals surface area contributed by atoms with E-state index in [9.17, 15) is 4.79 Å². The van der Waals surface area contributed by atoms with Gasteiger partial charge in [-0.25, -0.2) is 0 Å². The number of hydrogen-bond acceptors (Lipinski definition) is 5. The van der Waals surface area contributed by atoms with Gasteiger partial charge < -0.3 is 20.3 Å². The molecule has 2 rings (SSSR count). The van der Waals surface area contributed by atoms with E-state index in [0.717, 1.165) is 18.5 Å². The summed E-state index contributed by atoms with van der Waals surface area (Å²) in [5.74, 6) is 0.527. The first-order valence-electron chi connectivity index (χ1n) is 5.74. The van der Waals surface area contributed by atoms with Crippen molar-refractivity contribution in [2.24, 2.45) is 5.73 Å². The second kappa shape index (κ2) is 5.29. The Bertz CT molecular complexity index is 391. The Hall–Kier alpha value is -1.40. The molecule has 6 nitrogen and oxygen atoms in total. The lowest BCUT2D eigenvalue weighted by Crippen LogP contribution is -2.35. The first-order chi connectivity index (χ1) is 8.19. The number of nitrogens with one attached hydrogen (secondary N) is 1. The number of nitrogens with zero attached hydrogens (tertiary/aromatic N) is 1. The first kappa shape index (κ1) is 12.1. The van der Waals surface area contributed by atoms with E-state index in [0.29, 0.717) is 18.8 Å². The molecule has 6 heteroatoms. The van der Waals surface area contributed by atoms with E-state index in [1.54, 1.807) is 6.07 Å². The summed E-state index contributed by atoms with van der Waals surface area (Å²) in [5, 5.41) is 6.50. The number of carbonyl (C=O) groups excluding carboxylic acids is 1. The number of nitrogens with two attached hydrogens (primary N) is 1. The minimum absolute atomic E-state index is 0.0123. The number of rotatable bonds is 4. The lowest BCUT2D eigenvalue weighted by atomic mass is 10.2. The van der Waals surface area contributed by atoms with Gasteiger partial charge in [0.1, 0.15) is 6.10 Å². The van der Waals surface area contributed by atoms with Crippen molar-refractivity contribution in [1.29, 1.82) is 0 Å². The minimum Gasteiger partial charge on any atom is -0.364 e. The fraction of sp³-hybridized carbons (Fsp3) is 0.636. The summed E-state index contributed by atoms with van der Waals surface area (Å²) in [6.45, 7) is 2.64. The van der Waals surface area contributed by atoms with Crippen LogP contribution in [0.1, 0.15) is 24.3 Å². The lowest BCUT2D eigenvalue weighted by Gasteiger charge is -2.11. The Balaban J connectivity index is 1.78. The van der Waals surface area contributed by atoms with Gasteiger partial charge in [-0.15, -0.1) is 0 Å². The van der Waals surface area contributed by atoms with Gasteiger partial charge in [-0.2, -0.15) is 0 Å². The Morgan fingerprint density at radius 1 is 1.65 bits per heavy atom. The Labute approximate surface area is 99.5 Å². The fourth-order valence-electron chi connectivity index (χ4n) is 1.86. The summed E-state index contributed by atoms with van der Waals surface area (Å²) in [7, 11) is 0. The van der Waals surface area contributed by atoms with E-state index in [-0.39, 0.29) is 18.1 Å². The van der Waals surface area contributed by atoms with Gasteiger partial charge in [0, 0.05) is 12.6 Å². The van der Waals surface area contributed by atoms with Crippen LogP contribution in [0.25, 0.3) is 0 Å². The molecule has 0 radical (unpaired) electrons. The van der Waals surface area contributed by atoms with Crippen LogP contribution in [0, 0.1) is 6.92 Å². The summed E-state index contributed by atoms with van der Waals surface area (Å²) < 4.78 is 10.5. The maximum atomic E-state index is 11.7. The largest absolute Gasteiger partial charge is 0.364 e. The van der Waals surface area contributed by atoms with Crippen molar-refractivity contribution in [2.45, 2.75) is 38.5 Å². The highest BCUT2D eigenvalue weighted by molar-refractivity contribution is 5.80. The van der Waals surface area contributed by atoms with Gasteiger partial charge in [0.25, 0.3) is 0 Å². The molecule has 2 heterocycles. The van der Waals surface area contributed by atoms with E-state index in [4.69, 9.17) is 15.0 Å². The van der Waals surface area contributed by atoms with Crippen molar-refractivity contribution in [3.8, 4) is 0 Å². The van der Waals surface area contributed by atoms with Gasteiger partial charge >= 0.3 is 0 Å². The van der Waals surface area contributed by atoms with Crippen molar-refractivity contribution in [3.05, 3.63) is 17.5 Å². The molecule has 1 aliphatic heterocycles. The maximum Gasteiger partial charge on any atom is 0.249 e. The molecular formula is C11H17N3O3. The highest BCUT2D eigenvalue weighted by Crippen LogP contribution is 2.18. The predicted molar refractivity (Wildman–Crippen MR) is 60.0 cm³/mol. The molecule has 1 saturated heterocycles. The van der Waals surface area contributed by atoms with Crippen LogP contribution < -0.4 is 11.1 Å². The summed E-state index contributed by atoms with van der Waals surface area (Å²) in [4.78, 5) is 11.7. The number of aromatic nitrogens is 1. The molecule has 0 bridgehead atoms. The van der Waals surface area contributed by atoms with Crippen LogP contribution in [0.3, 0.4) is 0 Å². The predicted octanol–water partition coefficient (Wildman–Crippen LogP) is 0.106. The molecule has 1 aromatic heterocycles. The van der Waals surface area contributed by atoms with Crippen LogP contribution in [0.5, 0.6) is 0 Å². The van der Waals surface area contributed by atoms with Gasteiger partial charge in [-0.05, 0) is 19.8 Å². The number of hydrogen-bond donors (Lipinski definition) is 2. The van der Waals surface area contributed by atoms with Gasteiger partial charge in [-0.1, -0.05) is 5.16 Å². The van der Waals surface area contributed by atoms with Gasteiger partial charge in [-0.3, -0.25) is 4.79 Å². The van der Waals surface area contributed by atoms with Crippen LogP contribution in [0.15, 0.2) is 10.6 Å². The molecule has 94 valence electrons. The zero-order valence-electron chi connectivity index (χ0n) is 9.81. The third kappa shape index (κ3) is 3.04. The van der Waals surface area contributed by atoms with Crippen molar-refractivity contribution in [3.63, 3.8) is 0 Å². The van der Waals surface area contributed by atoms with E-state index in [2.05, 4.69) is 10.5 Å². The van der Waals surface area contributed by atoms with Crippen LogP contribution in [0.2, 0.25) is 0 Å². The first-order valence-corrected chi connectivity index (χ1v) is 5.74. The van der Waals surface area contributed by atoms with Crippen LogP contribution in [-0.2, 0) is 16.1 Å². The quantitative estimate of drug-likeness (QED) is 0.778. The Morgan fingerprint density at radius 3 is 3.06 bits per heavy atom. The number of amides is 1. The number of ether oxygens (including phenoxy) is 1. The molecule has 0 aromatic carbocycles.